The van der Waals surface area contributed by atoms with E-state index >= 15 is 0 Å². The van der Waals surface area contributed by atoms with E-state index in [9.17, 15) is 9.18 Å². The number of Topliss-reactive ketones (excluding diaryl/α,β-unsaturated/α-hetero) is 1. The van der Waals surface area contributed by atoms with E-state index in [0.29, 0.717) is 34.2 Å². The average molecular weight is 364 g/mol. The van der Waals surface area contributed by atoms with Gasteiger partial charge in [0.15, 0.2) is 17.2 Å². The molecule has 0 spiro atoms. The number of rotatable bonds is 5. The molecule has 0 amide bonds. The van der Waals surface area contributed by atoms with Gasteiger partial charge in [-0.1, -0.05) is 6.07 Å². The largest absolute Gasteiger partial charge is 0.453 e. The fourth-order valence-electron chi connectivity index (χ4n) is 2.55. The van der Waals surface area contributed by atoms with Gasteiger partial charge in [-0.25, -0.2) is 15.0 Å². The van der Waals surface area contributed by atoms with Crippen molar-refractivity contribution in [3.63, 3.8) is 0 Å². The molecule has 0 saturated heterocycles. The molecule has 0 bridgehead atoms. The summed E-state index contributed by atoms with van der Waals surface area (Å²) in [6.07, 6.45) is 6.11. The lowest BCUT2D eigenvalue weighted by Gasteiger charge is -2.09. The molecule has 0 fully saturated rings. The van der Waals surface area contributed by atoms with Crippen LogP contribution in [0.15, 0.2) is 49.2 Å². The van der Waals surface area contributed by atoms with E-state index in [4.69, 9.17) is 4.74 Å². The summed E-state index contributed by atoms with van der Waals surface area (Å²) < 4.78 is 20.6. The van der Waals surface area contributed by atoms with Gasteiger partial charge in [0, 0.05) is 0 Å². The fraction of sp³-hybridized carbons (Fsp3) is 0.111. The zero-order valence-electron chi connectivity index (χ0n) is 14.2. The molecule has 0 aliphatic rings. The number of pyridine rings is 2. The molecule has 9 heteroatoms. The fourth-order valence-corrected chi connectivity index (χ4v) is 2.55. The average Bonchev–Trinajstić information content (AvgIpc) is 3.11. The lowest BCUT2D eigenvalue weighted by atomic mass is 10.1. The van der Waals surface area contributed by atoms with Gasteiger partial charge in [-0.2, -0.15) is 4.39 Å². The van der Waals surface area contributed by atoms with Gasteiger partial charge < -0.3 is 4.74 Å². The summed E-state index contributed by atoms with van der Waals surface area (Å²) in [5.41, 5.74) is 1.00. The standard InChI is InChI=1S/C18H13FN6O2/c1-11-20-7-14(8-21-11)27-13-6-15(18-24-22-10-25(18)9-13)16(26)5-12-3-2-4-17(19)23-12/h2-4,6-10H,5H2,1H3. The number of hydrogen-bond donors (Lipinski definition) is 0. The van der Waals surface area contributed by atoms with Crippen molar-refractivity contribution in [2.24, 2.45) is 0 Å². The third-order valence-corrected chi connectivity index (χ3v) is 3.77. The van der Waals surface area contributed by atoms with Gasteiger partial charge in [0.2, 0.25) is 5.95 Å². The second kappa shape index (κ2) is 6.87. The maximum Gasteiger partial charge on any atom is 0.213 e. The van der Waals surface area contributed by atoms with Crippen LogP contribution in [0.1, 0.15) is 21.9 Å². The van der Waals surface area contributed by atoms with Crippen LogP contribution in [-0.4, -0.2) is 35.3 Å². The van der Waals surface area contributed by atoms with E-state index in [0.717, 1.165) is 0 Å². The van der Waals surface area contributed by atoms with Crippen molar-refractivity contribution in [1.82, 2.24) is 29.5 Å². The summed E-state index contributed by atoms with van der Waals surface area (Å²) in [5, 5.41) is 7.81. The SMILES string of the molecule is Cc1ncc(Oc2cc(C(=O)Cc3cccc(F)n3)c3nncn3c2)cn1. The molecule has 4 heterocycles. The predicted octanol–water partition coefficient (Wildman–Crippen LogP) is 2.58. The minimum Gasteiger partial charge on any atom is -0.453 e. The highest BCUT2D eigenvalue weighted by Crippen LogP contribution is 2.24. The van der Waals surface area contributed by atoms with Crippen molar-refractivity contribution >= 4 is 11.4 Å². The number of ether oxygens (including phenoxy) is 1. The first-order chi connectivity index (χ1) is 13.1. The van der Waals surface area contributed by atoms with Gasteiger partial charge in [-0.05, 0) is 25.1 Å². The molecule has 134 valence electrons. The van der Waals surface area contributed by atoms with Crippen molar-refractivity contribution in [2.45, 2.75) is 13.3 Å². The van der Waals surface area contributed by atoms with Crippen LogP contribution < -0.4 is 4.74 Å². The molecule has 0 aliphatic carbocycles. The Morgan fingerprint density at radius 2 is 2.04 bits per heavy atom. The van der Waals surface area contributed by atoms with Crippen LogP contribution in [0.4, 0.5) is 4.39 Å². The van der Waals surface area contributed by atoms with Gasteiger partial charge in [-0.15, -0.1) is 10.2 Å². The second-order valence-electron chi connectivity index (χ2n) is 5.77. The molecule has 0 aromatic carbocycles. The molecular formula is C18H13FN6O2. The maximum absolute atomic E-state index is 13.3. The van der Waals surface area contributed by atoms with Crippen LogP contribution in [0, 0.1) is 12.9 Å². The molecule has 27 heavy (non-hydrogen) atoms. The van der Waals surface area contributed by atoms with E-state index in [2.05, 4.69) is 25.1 Å². The van der Waals surface area contributed by atoms with Gasteiger partial charge in [0.1, 0.15) is 17.9 Å². The number of nitrogens with zero attached hydrogens (tertiary/aromatic N) is 6. The Bertz CT molecular complexity index is 1130. The highest BCUT2D eigenvalue weighted by Gasteiger charge is 2.16. The van der Waals surface area contributed by atoms with Gasteiger partial charge >= 0.3 is 0 Å². The third kappa shape index (κ3) is 3.61. The van der Waals surface area contributed by atoms with Crippen LogP contribution in [0.2, 0.25) is 0 Å². The minimum absolute atomic E-state index is 0.0720. The lowest BCUT2D eigenvalue weighted by Crippen LogP contribution is -2.08. The molecule has 4 aromatic rings. The molecular weight excluding hydrogens is 351 g/mol. The Balaban J connectivity index is 1.67. The summed E-state index contributed by atoms with van der Waals surface area (Å²) in [6, 6.07) is 5.88. The number of carbonyl (C=O) groups is 1. The first-order valence-electron chi connectivity index (χ1n) is 8.03. The van der Waals surface area contributed by atoms with Crippen molar-refractivity contribution in [3.8, 4) is 11.5 Å². The highest BCUT2D eigenvalue weighted by molar-refractivity contribution is 6.02. The number of halogens is 1. The Labute approximate surface area is 152 Å². The Kier molecular flexibility index (Phi) is 4.25. The minimum atomic E-state index is -0.635. The summed E-state index contributed by atoms with van der Waals surface area (Å²) in [6.45, 7) is 1.77. The summed E-state index contributed by atoms with van der Waals surface area (Å²) in [7, 11) is 0. The normalized spacial score (nSPS) is 10.9. The number of aromatic nitrogens is 6. The molecule has 4 rings (SSSR count). The van der Waals surface area contributed by atoms with E-state index in [-0.39, 0.29) is 12.2 Å². The van der Waals surface area contributed by atoms with Crippen molar-refractivity contribution in [1.29, 1.82) is 0 Å². The summed E-state index contributed by atoms with van der Waals surface area (Å²) in [4.78, 5) is 24.6. The van der Waals surface area contributed by atoms with Crippen LogP contribution in [0.5, 0.6) is 11.5 Å². The Morgan fingerprint density at radius 3 is 2.81 bits per heavy atom. The number of ketones is 1. The maximum atomic E-state index is 13.3. The van der Waals surface area contributed by atoms with Crippen molar-refractivity contribution in [3.05, 3.63) is 72.2 Å². The summed E-state index contributed by atoms with van der Waals surface area (Å²) >= 11 is 0. The topological polar surface area (TPSA) is 95.2 Å². The number of hydrogen-bond acceptors (Lipinski definition) is 7. The van der Waals surface area contributed by atoms with E-state index < -0.39 is 5.95 Å². The zero-order valence-corrected chi connectivity index (χ0v) is 14.2. The second-order valence-corrected chi connectivity index (χ2v) is 5.77. The Hall–Kier alpha value is -3.75. The molecule has 0 atom stereocenters. The van der Waals surface area contributed by atoms with Crippen LogP contribution in [-0.2, 0) is 6.42 Å². The molecule has 4 aromatic heterocycles. The predicted molar refractivity (Wildman–Crippen MR) is 92.1 cm³/mol. The van der Waals surface area contributed by atoms with E-state index in [1.54, 1.807) is 29.7 Å². The summed E-state index contributed by atoms with van der Waals surface area (Å²) in [5.74, 6) is 0.527. The quantitative estimate of drug-likeness (QED) is 0.397. The number of fused-ring (bicyclic) bond motifs is 1. The van der Waals surface area contributed by atoms with E-state index in [1.165, 1.54) is 30.9 Å². The first-order valence-corrected chi connectivity index (χ1v) is 8.03. The molecule has 0 unspecified atom stereocenters. The smallest absolute Gasteiger partial charge is 0.213 e. The van der Waals surface area contributed by atoms with Crippen LogP contribution in [0.3, 0.4) is 0 Å². The Morgan fingerprint density at radius 1 is 1.22 bits per heavy atom. The van der Waals surface area contributed by atoms with E-state index in [1.807, 2.05) is 0 Å². The van der Waals surface area contributed by atoms with Gasteiger partial charge in [0.05, 0.1) is 36.3 Å². The molecule has 0 radical (unpaired) electrons. The zero-order chi connectivity index (χ0) is 18.8. The van der Waals surface area contributed by atoms with Gasteiger partial charge in [-0.3, -0.25) is 9.20 Å². The number of carbonyl (C=O) groups excluding carboxylic acids is 1. The van der Waals surface area contributed by atoms with Crippen molar-refractivity contribution < 1.29 is 13.9 Å². The third-order valence-electron chi connectivity index (χ3n) is 3.77. The van der Waals surface area contributed by atoms with Crippen LogP contribution in [0.25, 0.3) is 5.65 Å². The molecule has 8 nitrogen and oxygen atoms in total. The monoisotopic (exact) mass is 364 g/mol. The highest BCUT2D eigenvalue weighted by atomic mass is 19.1. The van der Waals surface area contributed by atoms with Crippen molar-refractivity contribution in [2.75, 3.05) is 0 Å². The molecule has 0 aliphatic heterocycles. The van der Waals surface area contributed by atoms with Crippen LogP contribution >= 0.6 is 0 Å². The van der Waals surface area contributed by atoms with Gasteiger partial charge in [0.25, 0.3) is 0 Å². The molecule has 0 saturated carbocycles. The number of aryl methyl sites for hydroxylation is 1. The molecule has 0 N–H and O–H groups in total. The first kappa shape index (κ1) is 16.7. The lowest BCUT2D eigenvalue weighted by molar-refractivity contribution is 0.0992.